The predicted octanol–water partition coefficient (Wildman–Crippen LogP) is 0.564. The van der Waals surface area contributed by atoms with E-state index in [9.17, 15) is 9.59 Å². The Morgan fingerprint density at radius 2 is 2.33 bits per heavy atom. The van der Waals surface area contributed by atoms with Gasteiger partial charge in [-0.3, -0.25) is 9.59 Å². The van der Waals surface area contributed by atoms with Gasteiger partial charge in [0.05, 0.1) is 0 Å². The Hall–Kier alpha value is -1.65. The van der Waals surface area contributed by atoms with E-state index in [1.54, 1.807) is 36.0 Å². The Balaban J connectivity index is 2.38. The van der Waals surface area contributed by atoms with Crippen LogP contribution in [0, 0.1) is 0 Å². The molecule has 0 fully saturated rings. The van der Waals surface area contributed by atoms with Crippen LogP contribution < -0.4 is 0 Å². The van der Waals surface area contributed by atoms with Crippen molar-refractivity contribution in [3.05, 3.63) is 18.2 Å². The number of aldehydes is 1. The average molecular weight is 209 g/mol. The van der Waals surface area contributed by atoms with Crippen molar-refractivity contribution in [3.63, 3.8) is 0 Å². The van der Waals surface area contributed by atoms with E-state index < -0.39 is 0 Å². The highest BCUT2D eigenvalue weighted by Gasteiger charge is 2.05. The van der Waals surface area contributed by atoms with Crippen LogP contribution >= 0.6 is 0 Å². The number of hydrogen-bond donors (Lipinski definition) is 0. The van der Waals surface area contributed by atoms with E-state index in [2.05, 4.69) is 4.98 Å². The lowest BCUT2D eigenvalue weighted by molar-refractivity contribution is -0.128. The zero-order chi connectivity index (χ0) is 11.3. The normalized spacial score (nSPS) is 10.0. The summed E-state index contributed by atoms with van der Waals surface area (Å²) in [6.45, 7) is 0.646. The lowest BCUT2D eigenvalue weighted by Crippen LogP contribution is -2.21. The van der Waals surface area contributed by atoms with E-state index in [0.29, 0.717) is 31.5 Å². The zero-order valence-corrected chi connectivity index (χ0v) is 9.01. The second kappa shape index (κ2) is 5.29. The summed E-state index contributed by atoms with van der Waals surface area (Å²) >= 11 is 0. The zero-order valence-electron chi connectivity index (χ0n) is 9.01. The summed E-state index contributed by atoms with van der Waals surface area (Å²) in [6.07, 6.45) is 5.24. The summed E-state index contributed by atoms with van der Waals surface area (Å²) in [5.74, 6) is 0.509. The summed E-state index contributed by atoms with van der Waals surface area (Å²) in [5.41, 5.74) is 0. The molecule has 0 N–H and O–H groups in total. The van der Waals surface area contributed by atoms with Gasteiger partial charge in [0.1, 0.15) is 0 Å². The number of rotatable bonds is 5. The molecule has 1 aromatic rings. The monoisotopic (exact) mass is 209 g/mol. The number of carbonyl (C=O) groups is 2. The topological polar surface area (TPSA) is 55.2 Å². The largest absolute Gasteiger partial charge is 0.349 e. The third-order valence-corrected chi connectivity index (χ3v) is 2.14. The van der Waals surface area contributed by atoms with Gasteiger partial charge in [0.15, 0.2) is 12.1 Å². The van der Waals surface area contributed by atoms with Gasteiger partial charge in [-0.15, -0.1) is 0 Å². The van der Waals surface area contributed by atoms with Crippen LogP contribution in [0.25, 0.3) is 0 Å². The molecule has 0 unspecified atom stereocenters. The number of nitrogens with zero attached hydrogens (tertiary/aromatic N) is 3. The van der Waals surface area contributed by atoms with Gasteiger partial charge in [0, 0.05) is 39.5 Å². The highest BCUT2D eigenvalue weighted by molar-refractivity contribution is 5.75. The first-order chi connectivity index (χ1) is 7.15. The summed E-state index contributed by atoms with van der Waals surface area (Å²) in [6, 6.07) is 0. The van der Waals surface area contributed by atoms with Gasteiger partial charge >= 0.3 is 0 Å². The van der Waals surface area contributed by atoms with Crippen LogP contribution in [0.5, 0.6) is 0 Å². The van der Waals surface area contributed by atoms with Crippen molar-refractivity contribution in [2.45, 2.75) is 19.4 Å². The maximum atomic E-state index is 11.3. The van der Waals surface area contributed by atoms with Crippen LogP contribution in [-0.4, -0.2) is 40.7 Å². The second-order valence-corrected chi connectivity index (χ2v) is 3.49. The van der Waals surface area contributed by atoms with Crippen LogP contribution in [0.1, 0.15) is 23.5 Å². The first-order valence-corrected chi connectivity index (χ1v) is 4.81. The Morgan fingerprint density at radius 1 is 1.60 bits per heavy atom. The Morgan fingerprint density at radius 3 is 2.93 bits per heavy atom. The van der Waals surface area contributed by atoms with Crippen molar-refractivity contribution in [1.29, 1.82) is 0 Å². The van der Waals surface area contributed by atoms with Gasteiger partial charge < -0.3 is 9.47 Å². The molecule has 0 bridgehead atoms. The van der Waals surface area contributed by atoms with E-state index in [0.717, 1.165) is 0 Å². The van der Waals surface area contributed by atoms with Crippen LogP contribution in [0.3, 0.4) is 0 Å². The molecule has 15 heavy (non-hydrogen) atoms. The molecule has 0 radical (unpaired) electrons. The van der Waals surface area contributed by atoms with Gasteiger partial charge in [-0.2, -0.15) is 0 Å². The summed E-state index contributed by atoms with van der Waals surface area (Å²) in [4.78, 5) is 27.2. The average Bonchev–Trinajstić information content (AvgIpc) is 2.65. The number of aromatic nitrogens is 2. The maximum absolute atomic E-state index is 11.3. The van der Waals surface area contributed by atoms with Crippen molar-refractivity contribution < 1.29 is 9.59 Å². The molecule has 0 atom stereocenters. The molecule has 1 amide bonds. The first kappa shape index (κ1) is 11.4. The molecule has 82 valence electrons. The number of aryl methyl sites for hydroxylation is 1. The van der Waals surface area contributed by atoms with Gasteiger partial charge in [-0.25, -0.2) is 4.98 Å². The van der Waals surface area contributed by atoms with Crippen LogP contribution in [-0.2, 0) is 11.3 Å². The van der Waals surface area contributed by atoms with E-state index in [-0.39, 0.29) is 5.91 Å². The highest BCUT2D eigenvalue weighted by atomic mass is 16.2. The molecule has 0 saturated heterocycles. The Bertz CT molecular complexity index is 344. The SMILES string of the molecule is CN(C)C(=O)CCCn1ccnc1C=O. The number of hydrogen-bond acceptors (Lipinski definition) is 3. The molecule has 0 aliphatic rings. The van der Waals surface area contributed by atoms with E-state index in [1.165, 1.54) is 0 Å². The van der Waals surface area contributed by atoms with Crippen molar-refractivity contribution in [2.24, 2.45) is 0 Å². The molecule has 5 nitrogen and oxygen atoms in total. The molecule has 0 aliphatic heterocycles. The van der Waals surface area contributed by atoms with Gasteiger partial charge in [0.25, 0.3) is 0 Å². The van der Waals surface area contributed by atoms with Gasteiger partial charge in [-0.05, 0) is 6.42 Å². The minimum atomic E-state index is 0.0998. The number of carbonyl (C=O) groups excluding carboxylic acids is 2. The van der Waals surface area contributed by atoms with Crippen molar-refractivity contribution in [2.75, 3.05) is 14.1 Å². The van der Waals surface area contributed by atoms with Crippen LogP contribution in [0.15, 0.2) is 12.4 Å². The molecule has 1 rings (SSSR count). The number of amides is 1. The molecular weight excluding hydrogens is 194 g/mol. The molecule has 5 heteroatoms. The molecule has 1 heterocycles. The lowest BCUT2D eigenvalue weighted by atomic mass is 10.3. The first-order valence-electron chi connectivity index (χ1n) is 4.81. The molecule has 1 aromatic heterocycles. The van der Waals surface area contributed by atoms with E-state index in [4.69, 9.17) is 0 Å². The highest BCUT2D eigenvalue weighted by Crippen LogP contribution is 2.00. The minimum Gasteiger partial charge on any atom is -0.349 e. The summed E-state index contributed by atoms with van der Waals surface area (Å²) in [7, 11) is 3.47. The quantitative estimate of drug-likeness (QED) is 0.666. The fourth-order valence-corrected chi connectivity index (χ4v) is 1.25. The van der Waals surface area contributed by atoms with Gasteiger partial charge in [-0.1, -0.05) is 0 Å². The molecule has 0 saturated carbocycles. The fraction of sp³-hybridized carbons (Fsp3) is 0.500. The van der Waals surface area contributed by atoms with Crippen LogP contribution in [0.2, 0.25) is 0 Å². The third-order valence-electron chi connectivity index (χ3n) is 2.14. The van der Waals surface area contributed by atoms with E-state index >= 15 is 0 Å². The standard InChI is InChI=1S/C10H15N3O2/c1-12(2)10(15)4-3-6-13-7-5-11-9(13)8-14/h5,7-8H,3-4,6H2,1-2H3. The van der Waals surface area contributed by atoms with Crippen molar-refractivity contribution in [1.82, 2.24) is 14.5 Å². The summed E-state index contributed by atoms with van der Waals surface area (Å²) < 4.78 is 1.75. The molecule has 0 aliphatic carbocycles. The van der Waals surface area contributed by atoms with Crippen molar-refractivity contribution in [3.8, 4) is 0 Å². The number of imidazole rings is 1. The molecule has 0 aromatic carbocycles. The van der Waals surface area contributed by atoms with E-state index in [1.807, 2.05) is 0 Å². The smallest absolute Gasteiger partial charge is 0.222 e. The maximum Gasteiger partial charge on any atom is 0.222 e. The minimum absolute atomic E-state index is 0.0998. The fourth-order valence-electron chi connectivity index (χ4n) is 1.25. The molecule has 0 spiro atoms. The molecular formula is C10H15N3O2. The van der Waals surface area contributed by atoms with Gasteiger partial charge in [0.2, 0.25) is 5.91 Å². The lowest BCUT2D eigenvalue weighted by Gasteiger charge is -2.10. The third kappa shape index (κ3) is 3.19. The van der Waals surface area contributed by atoms with Crippen LogP contribution in [0.4, 0.5) is 0 Å². The predicted molar refractivity (Wildman–Crippen MR) is 55.5 cm³/mol. The van der Waals surface area contributed by atoms with Crippen molar-refractivity contribution >= 4 is 12.2 Å². The Labute approximate surface area is 88.7 Å². The Kier molecular flexibility index (Phi) is 4.03. The second-order valence-electron chi connectivity index (χ2n) is 3.49. The summed E-state index contributed by atoms with van der Waals surface area (Å²) in [5, 5.41) is 0.